The molecule has 3 aromatic carbocycles. The van der Waals surface area contributed by atoms with E-state index >= 15 is 0 Å². The Morgan fingerprint density at radius 3 is 2.17 bits per heavy atom. The second-order valence-corrected chi connectivity index (χ2v) is 6.37. The second kappa shape index (κ2) is 6.86. The highest BCUT2D eigenvalue weighted by Crippen LogP contribution is 2.30. The highest BCUT2D eigenvalue weighted by atomic mass is 15.1. The second-order valence-electron chi connectivity index (χ2n) is 6.37. The van der Waals surface area contributed by atoms with Gasteiger partial charge in [0.25, 0.3) is 0 Å². The average Bonchev–Trinajstić information content (AvgIpc) is 2.63. The standard InChI is InChI=1S/C23H21N/c1-3-9-19(10-4-1)15-22-18-24(16-20-11-5-2-6-12-20)17-21-13-7-8-14-23(21)22/h1-15H,16-18H2. The van der Waals surface area contributed by atoms with Crippen LogP contribution in [0, 0.1) is 0 Å². The lowest BCUT2D eigenvalue weighted by atomic mass is 9.93. The summed E-state index contributed by atoms with van der Waals surface area (Å²) in [5, 5.41) is 0. The van der Waals surface area contributed by atoms with Crippen LogP contribution in [0.25, 0.3) is 11.6 Å². The predicted molar refractivity (Wildman–Crippen MR) is 101 cm³/mol. The molecule has 4 rings (SSSR count). The lowest BCUT2D eigenvalue weighted by Crippen LogP contribution is -2.29. The van der Waals surface area contributed by atoms with Crippen LogP contribution in [0.5, 0.6) is 0 Å². The van der Waals surface area contributed by atoms with Gasteiger partial charge in [-0.05, 0) is 33.9 Å². The molecular weight excluding hydrogens is 290 g/mol. The monoisotopic (exact) mass is 311 g/mol. The molecule has 0 saturated carbocycles. The number of rotatable bonds is 3. The van der Waals surface area contributed by atoms with Crippen molar-refractivity contribution < 1.29 is 0 Å². The highest BCUT2D eigenvalue weighted by Gasteiger charge is 2.19. The highest BCUT2D eigenvalue weighted by molar-refractivity contribution is 5.84. The summed E-state index contributed by atoms with van der Waals surface area (Å²) in [6.07, 6.45) is 2.33. The van der Waals surface area contributed by atoms with Gasteiger partial charge in [0.15, 0.2) is 0 Å². The predicted octanol–water partition coefficient (Wildman–Crippen LogP) is 5.24. The van der Waals surface area contributed by atoms with Crippen LogP contribution < -0.4 is 0 Å². The van der Waals surface area contributed by atoms with Gasteiger partial charge in [0.2, 0.25) is 0 Å². The zero-order valence-electron chi connectivity index (χ0n) is 13.7. The molecule has 0 spiro atoms. The fourth-order valence-corrected chi connectivity index (χ4v) is 3.42. The van der Waals surface area contributed by atoms with Crippen molar-refractivity contribution in [3.05, 3.63) is 107 Å². The molecule has 0 saturated heterocycles. The van der Waals surface area contributed by atoms with Gasteiger partial charge in [-0.25, -0.2) is 0 Å². The Morgan fingerprint density at radius 2 is 1.38 bits per heavy atom. The molecule has 0 radical (unpaired) electrons. The largest absolute Gasteiger partial charge is 0.291 e. The maximum Gasteiger partial charge on any atom is 0.0247 e. The number of benzene rings is 3. The van der Waals surface area contributed by atoms with Gasteiger partial charge < -0.3 is 0 Å². The molecule has 24 heavy (non-hydrogen) atoms. The first-order chi connectivity index (χ1) is 11.9. The van der Waals surface area contributed by atoms with Crippen molar-refractivity contribution in [1.29, 1.82) is 0 Å². The molecule has 0 amide bonds. The zero-order valence-corrected chi connectivity index (χ0v) is 13.7. The van der Waals surface area contributed by atoms with Crippen molar-refractivity contribution in [2.75, 3.05) is 6.54 Å². The van der Waals surface area contributed by atoms with Crippen LogP contribution in [0.3, 0.4) is 0 Å². The van der Waals surface area contributed by atoms with Gasteiger partial charge in [0.1, 0.15) is 0 Å². The van der Waals surface area contributed by atoms with E-state index in [1.165, 1.54) is 27.8 Å². The van der Waals surface area contributed by atoms with Crippen LogP contribution in [0.2, 0.25) is 0 Å². The molecule has 1 aliphatic rings. The first kappa shape index (κ1) is 14.9. The van der Waals surface area contributed by atoms with Gasteiger partial charge in [-0.2, -0.15) is 0 Å². The van der Waals surface area contributed by atoms with E-state index in [-0.39, 0.29) is 0 Å². The van der Waals surface area contributed by atoms with E-state index in [1.807, 2.05) is 0 Å². The van der Waals surface area contributed by atoms with Gasteiger partial charge in [0, 0.05) is 19.6 Å². The fraction of sp³-hybridized carbons (Fsp3) is 0.130. The third kappa shape index (κ3) is 3.32. The Morgan fingerprint density at radius 1 is 0.708 bits per heavy atom. The maximum absolute atomic E-state index is 2.52. The topological polar surface area (TPSA) is 3.24 Å². The normalized spacial score (nSPS) is 16.1. The van der Waals surface area contributed by atoms with E-state index in [0.29, 0.717) is 0 Å². The molecule has 1 heteroatoms. The van der Waals surface area contributed by atoms with E-state index in [1.54, 1.807) is 0 Å². The van der Waals surface area contributed by atoms with Crippen LogP contribution in [0.4, 0.5) is 0 Å². The molecule has 0 bridgehead atoms. The lowest BCUT2D eigenvalue weighted by Gasteiger charge is -2.31. The summed E-state index contributed by atoms with van der Waals surface area (Å²) in [5.41, 5.74) is 6.85. The summed E-state index contributed by atoms with van der Waals surface area (Å²) in [6.45, 7) is 2.99. The number of nitrogens with zero attached hydrogens (tertiary/aromatic N) is 1. The summed E-state index contributed by atoms with van der Waals surface area (Å²) in [7, 11) is 0. The van der Waals surface area contributed by atoms with Crippen molar-refractivity contribution >= 4 is 11.6 Å². The van der Waals surface area contributed by atoms with Crippen LogP contribution in [0.1, 0.15) is 22.3 Å². The maximum atomic E-state index is 2.52. The molecule has 0 aliphatic carbocycles. The zero-order chi connectivity index (χ0) is 16.2. The van der Waals surface area contributed by atoms with Crippen LogP contribution in [-0.2, 0) is 13.1 Å². The van der Waals surface area contributed by atoms with Crippen molar-refractivity contribution in [3.63, 3.8) is 0 Å². The fourth-order valence-electron chi connectivity index (χ4n) is 3.42. The third-order valence-corrected chi connectivity index (χ3v) is 4.54. The first-order valence-electron chi connectivity index (χ1n) is 8.49. The minimum atomic E-state index is 0.987. The Kier molecular flexibility index (Phi) is 4.26. The molecule has 1 heterocycles. The van der Waals surface area contributed by atoms with Gasteiger partial charge in [-0.1, -0.05) is 84.9 Å². The van der Waals surface area contributed by atoms with Crippen molar-refractivity contribution in [3.8, 4) is 0 Å². The Hall–Kier alpha value is -2.64. The van der Waals surface area contributed by atoms with Gasteiger partial charge in [-0.3, -0.25) is 4.90 Å². The van der Waals surface area contributed by atoms with E-state index in [4.69, 9.17) is 0 Å². The summed E-state index contributed by atoms with van der Waals surface area (Å²) >= 11 is 0. The summed E-state index contributed by atoms with van der Waals surface area (Å²) in [6, 6.07) is 30.1. The molecule has 0 aromatic heterocycles. The SMILES string of the molecule is C(=C1CN(Cc2ccccc2)Cc2ccccc21)c1ccccc1. The van der Waals surface area contributed by atoms with E-state index < -0.39 is 0 Å². The minimum absolute atomic E-state index is 0.987. The van der Waals surface area contributed by atoms with E-state index in [0.717, 1.165) is 19.6 Å². The Labute approximate surface area is 143 Å². The molecule has 118 valence electrons. The van der Waals surface area contributed by atoms with E-state index in [9.17, 15) is 0 Å². The molecule has 1 nitrogen and oxygen atoms in total. The van der Waals surface area contributed by atoms with Gasteiger partial charge >= 0.3 is 0 Å². The summed E-state index contributed by atoms with van der Waals surface area (Å²) < 4.78 is 0. The van der Waals surface area contributed by atoms with E-state index in [2.05, 4.69) is 95.9 Å². The number of hydrogen-bond acceptors (Lipinski definition) is 1. The molecule has 0 fully saturated rings. The van der Waals surface area contributed by atoms with Crippen LogP contribution >= 0.6 is 0 Å². The Balaban J connectivity index is 1.66. The molecule has 1 aliphatic heterocycles. The molecular formula is C23H21N. The minimum Gasteiger partial charge on any atom is -0.291 e. The molecule has 0 atom stereocenters. The smallest absolute Gasteiger partial charge is 0.0247 e. The quantitative estimate of drug-likeness (QED) is 0.639. The van der Waals surface area contributed by atoms with Crippen molar-refractivity contribution in [1.82, 2.24) is 4.90 Å². The Bertz CT molecular complexity index is 834. The molecule has 0 N–H and O–H groups in total. The van der Waals surface area contributed by atoms with Crippen molar-refractivity contribution in [2.24, 2.45) is 0 Å². The van der Waals surface area contributed by atoms with Gasteiger partial charge in [0.05, 0.1) is 0 Å². The first-order valence-corrected chi connectivity index (χ1v) is 8.49. The lowest BCUT2D eigenvalue weighted by molar-refractivity contribution is 0.283. The van der Waals surface area contributed by atoms with Gasteiger partial charge in [-0.15, -0.1) is 0 Å². The average molecular weight is 311 g/mol. The number of hydrogen-bond donors (Lipinski definition) is 0. The van der Waals surface area contributed by atoms with Crippen LogP contribution in [0.15, 0.2) is 84.9 Å². The third-order valence-electron chi connectivity index (χ3n) is 4.54. The molecule has 0 unspecified atom stereocenters. The van der Waals surface area contributed by atoms with Crippen LogP contribution in [-0.4, -0.2) is 11.4 Å². The summed E-state index contributed by atoms with van der Waals surface area (Å²) in [5.74, 6) is 0. The molecule has 3 aromatic rings. The summed E-state index contributed by atoms with van der Waals surface area (Å²) in [4.78, 5) is 2.52. The van der Waals surface area contributed by atoms with Crippen molar-refractivity contribution in [2.45, 2.75) is 13.1 Å². The number of fused-ring (bicyclic) bond motifs is 1.